The summed E-state index contributed by atoms with van der Waals surface area (Å²) in [4.78, 5) is 16.7. The van der Waals surface area contributed by atoms with Crippen molar-refractivity contribution in [2.45, 2.75) is 19.3 Å². The van der Waals surface area contributed by atoms with Crippen LogP contribution in [0.4, 0.5) is 5.69 Å². The number of aryl methyl sites for hydroxylation is 1. The second kappa shape index (κ2) is 7.55. The smallest absolute Gasteiger partial charge is 0.225 e. The van der Waals surface area contributed by atoms with Crippen molar-refractivity contribution in [2.75, 3.05) is 5.32 Å². The van der Waals surface area contributed by atoms with E-state index in [1.165, 1.54) is 0 Å². The van der Waals surface area contributed by atoms with Gasteiger partial charge in [-0.25, -0.2) is 0 Å². The fourth-order valence-corrected chi connectivity index (χ4v) is 2.82. The van der Waals surface area contributed by atoms with Gasteiger partial charge in [0.05, 0.1) is 0 Å². The van der Waals surface area contributed by atoms with Crippen molar-refractivity contribution in [3.05, 3.63) is 95.8 Å². The minimum Gasteiger partial charge on any atom is -0.326 e. The number of carbonyl (C=O) groups is 1. The number of pyridine rings is 1. The first-order chi connectivity index (χ1) is 11.7. The van der Waals surface area contributed by atoms with Crippen LogP contribution in [0.2, 0.25) is 0 Å². The molecule has 3 nitrogen and oxygen atoms in total. The Balaban J connectivity index is 1.80. The van der Waals surface area contributed by atoms with E-state index in [9.17, 15) is 4.79 Å². The van der Waals surface area contributed by atoms with Crippen molar-refractivity contribution in [3.63, 3.8) is 0 Å². The first kappa shape index (κ1) is 15.9. The molecule has 0 saturated carbocycles. The Morgan fingerprint density at radius 2 is 1.54 bits per heavy atom. The number of rotatable bonds is 5. The molecule has 0 aliphatic carbocycles. The number of carbonyl (C=O) groups excluding carboxylic acids is 1. The standard InChI is InChI=1S/C21H20N2O/c1-16-14-19(12-13-22-16)23-21(24)15-20(17-8-4-2-5-9-17)18-10-6-3-7-11-18/h2-14,20H,15H2,1H3,(H,22,23,24). The third-order valence-electron chi connectivity index (χ3n) is 3.97. The van der Waals surface area contributed by atoms with E-state index in [1.54, 1.807) is 6.20 Å². The maximum Gasteiger partial charge on any atom is 0.225 e. The lowest BCUT2D eigenvalue weighted by molar-refractivity contribution is -0.116. The topological polar surface area (TPSA) is 42.0 Å². The molecule has 0 unspecified atom stereocenters. The summed E-state index contributed by atoms with van der Waals surface area (Å²) in [5.74, 6) is 0.0358. The first-order valence-electron chi connectivity index (χ1n) is 8.05. The van der Waals surface area contributed by atoms with E-state index in [4.69, 9.17) is 0 Å². The average Bonchev–Trinajstić information content (AvgIpc) is 2.61. The number of aromatic nitrogens is 1. The third-order valence-corrected chi connectivity index (χ3v) is 3.97. The molecule has 1 N–H and O–H groups in total. The summed E-state index contributed by atoms with van der Waals surface area (Å²) in [6.45, 7) is 1.91. The summed E-state index contributed by atoms with van der Waals surface area (Å²) in [7, 11) is 0. The number of benzene rings is 2. The highest BCUT2D eigenvalue weighted by Gasteiger charge is 2.18. The number of hydrogen-bond donors (Lipinski definition) is 1. The number of nitrogens with one attached hydrogen (secondary N) is 1. The van der Waals surface area contributed by atoms with Crippen LogP contribution in [0, 0.1) is 6.92 Å². The highest BCUT2D eigenvalue weighted by Crippen LogP contribution is 2.28. The van der Waals surface area contributed by atoms with Gasteiger partial charge < -0.3 is 5.32 Å². The minimum absolute atomic E-state index is 0.00157. The van der Waals surface area contributed by atoms with Crippen LogP contribution in [0.1, 0.15) is 29.2 Å². The van der Waals surface area contributed by atoms with Crippen molar-refractivity contribution in [3.8, 4) is 0 Å². The zero-order chi connectivity index (χ0) is 16.8. The summed E-state index contributed by atoms with van der Waals surface area (Å²) in [6, 6.07) is 24.0. The van der Waals surface area contributed by atoms with Crippen molar-refractivity contribution in [2.24, 2.45) is 0 Å². The number of amides is 1. The molecule has 120 valence electrons. The number of nitrogens with zero attached hydrogens (tertiary/aromatic N) is 1. The molecule has 3 heteroatoms. The third kappa shape index (κ3) is 4.07. The Morgan fingerprint density at radius 3 is 2.08 bits per heavy atom. The van der Waals surface area contributed by atoms with Crippen LogP contribution in [0.25, 0.3) is 0 Å². The van der Waals surface area contributed by atoms with E-state index < -0.39 is 0 Å². The van der Waals surface area contributed by atoms with E-state index in [0.717, 1.165) is 22.5 Å². The maximum atomic E-state index is 12.5. The van der Waals surface area contributed by atoms with Gasteiger partial charge in [-0.15, -0.1) is 0 Å². The lowest BCUT2D eigenvalue weighted by Gasteiger charge is -2.18. The molecule has 1 aromatic heterocycles. The van der Waals surface area contributed by atoms with Crippen LogP contribution in [0.5, 0.6) is 0 Å². The lowest BCUT2D eigenvalue weighted by atomic mass is 9.88. The average molecular weight is 316 g/mol. The molecule has 1 heterocycles. The van der Waals surface area contributed by atoms with Crippen molar-refractivity contribution >= 4 is 11.6 Å². The Hall–Kier alpha value is -2.94. The van der Waals surface area contributed by atoms with Gasteiger partial charge in [-0.3, -0.25) is 9.78 Å². The molecule has 0 fully saturated rings. The van der Waals surface area contributed by atoms with Gasteiger partial charge in [0.15, 0.2) is 0 Å². The maximum absolute atomic E-state index is 12.5. The molecule has 3 aromatic rings. The predicted octanol–water partition coefficient (Wildman–Crippen LogP) is 4.55. The molecule has 2 aromatic carbocycles. The Morgan fingerprint density at radius 1 is 0.958 bits per heavy atom. The quantitative estimate of drug-likeness (QED) is 0.750. The highest BCUT2D eigenvalue weighted by molar-refractivity contribution is 5.91. The van der Waals surface area contributed by atoms with Gasteiger partial charge in [-0.2, -0.15) is 0 Å². The number of hydrogen-bond acceptors (Lipinski definition) is 2. The van der Waals surface area contributed by atoms with Crippen molar-refractivity contribution in [1.29, 1.82) is 0 Å². The van der Waals surface area contributed by atoms with Gasteiger partial charge in [-0.05, 0) is 30.2 Å². The normalized spacial score (nSPS) is 10.6. The SMILES string of the molecule is Cc1cc(NC(=O)CC(c2ccccc2)c2ccccc2)ccn1. The summed E-state index contributed by atoms with van der Waals surface area (Å²) >= 11 is 0. The van der Waals surface area contributed by atoms with E-state index in [2.05, 4.69) is 34.6 Å². The predicted molar refractivity (Wildman–Crippen MR) is 96.9 cm³/mol. The first-order valence-corrected chi connectivity index (χ1v) is 8.05. The fourth-order valence-electron chi connectivity index (χ4n) is 2.82. The molecule has 0 bridgehead atoms. The monoisotopic (exact) mass is 316 g/mol. The molecule has 0 atom stereocenters. The lowest BCUT2D eigenvalue weighted by Crippen LogP contribution is -2.16. The van der Waals surface area contributed by atoms with Gasteiger partial charge in [0.2, 0.25) is 5.91 Å². The molecule has 0 spiro atoms. The van der Waals surface area contributed by atoms with Crippen molar-refractivity contribution in [1.82, 2.24) is 4.98 Å². The zero-order valence-corrected chi connectivity index (χ0v) is 13.6. The van der Waals surface area contributed by atoms with Crippen LogP contribution < -0.4 is 5.32 Å². The molecular formula is C21H20N2O. The van der Waals surface area contributed by atoms with E-state index in [0.29, 0.717) is 6.42 Å². The fraction of sp³-hybridized carbons (Fsp3) is 0.143. The zero-order valence-electron chi connectivity index (χ0n) is 13.6. The second-order valence-electron chi connectivity index (χ2n) is 5.81. The number of anilines is 1. The summed E-state index contributed by atoms with van der Waals surface area (Å²) in [5.41, 5.74) is 3.96. The van der Waals surface area contributed by atoms with Crippen LogP contribution in [0.15, 0.2) is 79.0 Å². The molecule has 0 aliphatic heterocycles. The molecular weight excluding hydrogens is 296 g/mol. The van der Waals surface area contributed by atoms with Crippen molar-refractivity contribution < 1.29 is 4.79 Å². The Labute approximate surface area is 142 Å². The van der Waals surface area contributed by atoms with Crippen LogP contribution in [0.3, 0.4) is 0 Å². The molecule has 0 radical (unpaired) electrons. The summed E-state index contributed by atoms with van der Waals surface area (Å²) < 4.78 is 0. The van der Waals surface area contributed by atoms with Gasteiger partial charge in [0.25, 0.3) is 0 Å². The Bertz CT molecular complexity index is 761. The molecule has 0 saturated heterocycles. The van der Waals surface area contributed by atoms with Gasteiger partial charge >= 0.3 is 0 Å². The summed E-state index contributed by atoms with van der Waals surface area (Å²) in [6.07, 6.45) is 2.10. The molecule has 1 amide bonds. The Kier molecular flexibility index (Phi) is 5.02. The molecule has 0 aliphatic rings. The van der Waals surface area contributed by atoms with E-state index in [-0.39, 0.29) is 11.8 Å². The molecule has 24 heavy (non-hydrogen) atoms. The van der Waals surface area contributed by atoms with Gasteiger partial charge in [-0.1, -0.05) is 60.7 Å². The highest BCUT2D eigenvalue weighted by atomic mass is 16.1. The van der Waals surface area contributed by atoms with E-state index in [1.807, 2.05) is 55.5 Å². The van der Waals surface area contributed by atoms with Crippen LogP contribution >= 0.6 is 0 Å². The minimum atomic E-state index is -0.00157. The molecule has 3 rings (SSSR count). The summed E-state index contributed by atoms with van der Waals surface area (Å²) in [5, 5.41) is 2.97. The van der Waals surface area contributed by atoms with Crippen LogP contribution in [-0.4, -0.2) is 10.9 Å². The van der Waals surface area contributed by atoms with Gasteiger partial charge in [0.1, 0.15) is 0 Å². The second-order valence-corrected chi connectivity index (χ2v) is 5.81. The van der Waals surface area contributed by atoms with Crippen LogP contribution in [-0.2, 0) is 4.79 Å². The van der Waals surface area contributed by atoms with Gasteiger partial charge in [0, 0.05) is 29.9 Å². The largest absolute Gasteiger partial charge is 0.326 e. The van der Waals surface area contributed by atoms with E-state index >= 15 is 0 Å².